The number of oxazole rings is 1. The average Bonchev–Trinajstić information content (AvgIpc) is 3.35. The first-order valence-electron chi connectivity index (χ1n) is 11.8. The lowest BCUT2D eigenvalue weighted by atomic mass is 9.87. The summed E-state index contributed by atoms with van der Waals surface area (Å²) in [7, 11) is 1.55. The third-order valence-corrected chi connectivity index (χ3v) is 6.73. The molecule has 2 N–H and O–H groups in total. The van der Waals surface area contributed by atoms with Crippen LogP contribution >= 0.6 is 0 Å². The van der Waals surface area contributed by atoms with E-state index in [0.29, 0.717) is 30.0 Å². The zero-order valence-electron chi connectivity index (χ0n) is 19.8. The van der Waals surface area contributed by atoms with Crippen LogP contribution in [0.15, 0.2) is 82.0 Å². The van der Waals surface area contributed by atoms with Crippen LogP contribution in [0.5, 0.6) is 5.75 Å². The minimum atomic E-state index is -1.01. The van der Waals surface area contributed by atoms with Gasteiger partial charge in [-0.1, -0.05) is 48.5 Å². The molecule has 9 heteroatoms. The second-order valence-corrected chi connectivity index (χ2v) is 8.94. The van der Waals surface area contributed by atoms with Gasteiger partial charge in [-0.15, -0.1) is 0 Å². The Morgan fingerprint density at radius 1 is 1.03 bits per heavy atom. The largest absolute Gasteiger partial charge is 0.501 e. The van der Waals surface area contributed by atoms with Gasteiger partial charge in [-0.05, 0) is 47.4 Å². The van der Waals surface area contributed by atoms with Gasteiger partial charge < -0.3 is 19.5 Å². The van der Waals surface area contributed by atoms with Crippen molar-refractivity contribution < 1.29 is 19.4 Å². The Kier molecular flexibility index (Phi) is 5.26. The number of benzene rings is 3. The quantitative estimate of drug-likeness (QED) is 0.382. The first-order chi connectivity index (χ1) is 17.9. The number of carboxylic acids is 1. The van der Waals surface area contributed by atoms with E-state index in [-0.39, 0.29) is 17.1 Å². The highest BCUT2D eigenvalue weighted by molar-refractivity contribution is 5.88. The molecule has 0 amide bonds. The summed E-state index contributed by atoms with van der Waals surface area (Å²) in [6, 6.07) is 21.5. The van der Waals surface area contributed by atoms with E-state index in [1.54, 1.807) is 37.4 Å². The Hall–Kier alpha value is -4.92. The van der Waals surface area contributed by atoms with E-state index in [1.807, 2.05) is 47.4 Å². The molecule has 9 nitrogen and oxygen atoms in total. The van der Waals surface area contributed by atoms with E-state index in [2.05, 4.69) is 4.98 Å². The Balaban J connectivity index is 1.56. The highest BCUT2D eigenvalue weighted by Gasteiger charge is 2.33. The number of para-hydroxylation sites is 2. The van der Waals surface area contributed by atoms with E-state index in [0.717, 1.165) is 16.7 Å². The van der Waals surface area contributed by atoms with Crippen molar-refractivity contribution in [1.29, 1.82) is 0 Å². The van der Waals surface area contributed by atoms with E-state index >= 15 is 0 Å². The van der Waals surface area contributed by atoms with Crippen LogP contribution in [0.4, 0.5) is 5.95 Å². The number of rotatable bonds is 4. The molecule has 0 unspecified atom stereocenters. The molecule has 184 valence electrons. The second kappa shape index (κ2) is 8.63. The van der Waals surface area contributed by atoms with Crippen LogP contribution in [0.25, 0.3) is 22.7 Å². The molecule has 1 aliphatic heterocycles. The smallest absolute Gasteiger partial charge is 0.335 e. The van der Waals surface area contributed by atoms with Crippen LogP contribution < -0.4 is 10.5 Å². The lowest BCUT2D eigenvalue weighted by Gasteiger charge is -2.39. The van der Waals surface area contributed by atoms with Crippen LogP contribution in [-0.2, 0) is 13.5 Å². The number of anilines is 1. The molecule has 1 atom stereocenters. The fourth-order valence-corrected chi connectivity index (χ4v) is 4.92. The molecule has 0 bridgehead atoms. The van der Waals surface area contributed by atoms with E-state index in [1.165, 1.54) is 4.57 Å². The summed E-state index contributed by atoms with van der Waals surface area (Å²) in [5.74, 6) is -1.22. The normalized spacial score (nSPS) is 15.1. The molecule has 3 heterocycles. The number of aromatic hydroxyl groups is 1. The zero-order chi connectivity index (χ0) is 25.7. The second-order valence-electron chi connectivity index (χ2n) is 8.94. The number of aromatic nitrogens is 3. The van der Waals surface area contributed by atoms with Gasteiger partial charge in [-0.25, -0.2) is 14.8 Å². The van der Waals surface area contributed by atoms with Crippen LogP contribution in [-0.4, -0.2) is 37.3 Å². The molecule has 5 aromatic rings. The summed E-state index contributed by atoms with van der Waals surface area (Å²) in [6.07, 6.45) is 0.619. The van der Waals surface area contributed by atoms with Crippen molar-refractivity contribution in [2.24, 2.45) is 7.05 Å². The Labute approximate surface area is 210 Å². The Morgan fingerprint density at radius 2 is 1.78 bits per heavy atom. The minimum absolute atomic E-state index is 0.0412. The van der Waals surface area contributed by atoms with Gasteiger partial charge in [0.25, 0.3) is 11.4 Å². The Morgan fingerprint density at radius 3 is 2.54 bits per heavy atom. The predicted molar refractivity (Wildman–Crippen MR) is 137 cm³/mol. The van der Waals surface area contributed by atoms with Gasteiger partial charge in [-0.3, -0.25) is 9.36 Å². The highest BCUT2D eigenvalue weighted by Crippen LogP contribution is 2.39. The van der Waals surface area contributed by atoms with Gasteiger partial charge in [0.05, 0.1) is 11.6 Å². The molecule has 0 spiro atoms. The molecule has 0 saturated carbocycles. The monoisotopic (exact) mass is 494 g/mol. The van der Waals surface area contributed by atoms with Crippen molar-refractivity contribution in [2.45, 2.75) is 12.5 Å². The maximum atomic E-state index is 13.2. The van der Waals surface area contributed by atoms with Crippen molar-refractivity contribution in [3.63, 3.8) is 0 Å². The lowest BCUT2D eigenvalue weighted by Crippen LogP contribution is -2.40. The third-order valence-electron chi connectivity index (χ3n) is 6.73. The number of carboxylic acid groups (broad SMARTS) is 1. The van der Waals surface area contributed by atoms with Gasteiger partial charge in [0.15, 0.2) is 11.3 Å². The van der Waals surface area contributed by atoms with Crippen molar-refractivity contribution in [3.05, 3.63) is 105 Å². The van der Waals surface area contributed by atoms with Crippen LogP contribution in [0.3, 0.4) is 0 Å². The summed E-state index contributed by atoms with van der Waals surface area (Å²) >= 11 is 0. The van der Waals surface area contributed by atoms with Gasteiger partial charge in [0, 0.05) is 13.6 Å². The highest BCUT2D eigenvalue weighted by atomic mass is 16.4. The first kappa shape index (κ1) is 22.5. The van der Waals surface area contributed by atoms with Gasteiger partial charge in [0.1, 0.15) is 5.52 Å². The topological polar surface area (TPSA) is 122 Å². The summed E-state index contributed by atoms with van der Waals surface area (Å²) < 4.78 is 7.11. The number of hydrogen-bond donors (Lipinski definition) is 2. The third kappa shape index (κ3) is 3.72. The summed E-state index contributed by atoms with van der Waals surface area (Å²) in [5, 5.41) is 20.4. The molecule has 37 heavy (non-hydrogen) atoms. The van der Waals surface area contributed by atoms with Crippen molar-refractivity contribution in [2.75, 3.05) is 11.4 Å². The predicted octanol–water partition coefficient (Wildman–Crippen LogP) is 4.14. The molecule has 0 aliphatic carbocycles. The molecular formula is C28H22N4O5. The molecule has 0 fully saturated rings. The zero-order valence-corrected chi connectivity index (χ0v) is 19.8. The van der Waals surface area contributed by atoms with E-state index in [4.69, 9.17) is 9.40 Å². The maximum absolute atomic E-state index is 13.2. The number of nitrogens with zero attached hydrogens (tertiary/aromatic N) is 4. The average molecular weight is 495 g/mol. The molecule has 2 aromatic heterocycles. The van der Waals surface area contributed by atoms with Gasteiger partial charge in [-0.2, -0.15) is 0 Å². The van der Waals surface area contributed by atoms with Gasteiger partial charge in [0.2, 0.25) is 11.7 Å². The SMILES string of the molecule is Cn1c(N2CCc3ccc(C(=O)O)cc3[C@H]2c2ccccc2)nc(-c2nc3ccccc3o2)c(O)c1=O. The maximum Gasteiger partial charge on any atom is 0.335 e. The van der Waals surface area contributed by atoms with Crippen LogP contribution in [0, 0.1) is 0 Å². The van der Waals surface area contributed by atoms with Crippen molar-refractivity contribution in [1.82, 2.24) is 14.5 Å². The number of fused-ring (bicyclic) bond motifs is 2. The number of hydrogen-bond acceptors (Lipinski definition) is 7. The van der Waals surface area contributed by atoms with Crippen molar-refractivity contribution >= 4 is 23.0 Å². The fourth-order valence-electron chi connectivity index (χ4n) is 4.92. The van der Waals surface area contributed by atoms with E-state index < -0.39 is 23.3 Å². The van der Waals surface area contributed by atoms with Crippen LogP contribution in [0.1, 0.15) is 33.1 Å². The summed E-state index contributed by atoms with van der Waals surface area (Å²) in [5.41, 5.74) is 3.34. The minimum Gasteiger partial charge on any atom is -0.501 e. The molecule has 3 aromatic carbocycles. The summed E-state index contributed by atoms with van der Waals surface area (Å²) in [4.78, 5) is 36.0. The number of aromatic carboxylic acids is 1. The first-order valence-corrected chi connectivity index (χ1v) is 11.8. The Bertz CT molecular complexity index is 1690. The number of carbonyl (C=O) groups is 1. The van der Waals surface area contributed by atoms with Gasteiger partial charge >= 0.3 is 5.97 Å². The lowest BCUT2D eigenvalue weighted by molar-refractivity contribution is 0.0696. The molecule has 0 radical (unpaired) electrons. The molecule has 1 aliphatic rings. The van der Waals surface area contributed by atoms with Crippen molar-refractivity contribution in [3.8, 4) is 17.3 Å². The fraction of sp³-hybridized carbons (Fsp3) is 0.143. The van der Waals surface area contributed by atoms with E-state index in [9.17, 15) is 19.8 Å². The molecular weight excluding hydrogens is 472 g/mol. The molecule has 6 rings (SSSR count). The van der Waals surface area contributed by atoms with Crippen LogP contribution in [0.2, 0.25) is 0 Å². The standard InChI is InChI=1S/C28H22N4O5/c1-31-26(34)24(33)22(25-29-20-9-5-6-10-21(20)37-25)30-28(31)32-14-13-16-11-12-18(27(35)36)15-19(16)23(32)17-7-3-2-4-8-17/h2-12,15,23,33H,13-14H2,1H3,(H,35,36)/t23-/m1/s1. The summed E-state index contributed by atoms with van der Waals surface area (Å²) in [6.45, 7) is 0.511. The molecule has 0 saturated heterocycles.